The van der Waals surface area contributed by atoms with Crippen LogP contribution in [-0.4, -0.2) is 25.8 Å². The van der Waals surface area contributed by atoms with E-state index in [4.69, 9.17) is 5.73 Å². The molecule has 0 aliphatic heterocycles. The Kier molecular flexibility index (Phi) is 3.75. The highest BCUT2D eigenvalue weighted by Gasteiger charge is 2.35. The van der Waals surface area contributed by atoms with E-state index in [1.165, 1.54) is 4.31 Å². The van der Waals surface area contributed by atoms with Gasteiger partial charge in [0.1, 0.15) is 0 Å². The van der Waals surface area contributed by atoms with Gasteiger partial charge in [-0.3, -0.25) is 0 Å². The molecular formula is C13H20N2O2S. The smallest absolute Gasteiger partial charge is 0.243 e. The molecule has 1 aromatic rings. The van der Waals surface area contributed by atoms with Gasteiger partial charge in [0.15, 0.2) is 0 Å². The Balaban J connectivity index is 2.38. The molecule has 2 rings (SSSR count). The van der Waals surface area contributed by atoms with E-state index in [0.717, 1.165) is 30.4 Å². The second kappa shape index (κ2) is 4.99. The Hall–Kier alpha value is -0.910. The van der Waals surface area contributed by atoms with Gasteiger partial charge in [-0.15, -0.1) is 0 Å². The summed E-state index contributed by atoms with van der Waals surface area (Å²) in [5, 5.41) is 0. The first-order valence-electron chi connectivity index (χ1n) is 6.30. The standard InChI is InChI=1S/C13H20N2O2S/c1-3-10-4-7-13(8-11(10)9-14)18(16,17)15(2)12-5-6-12/h4,7-8,12H,3,5-6,9,14H2,1-2H3. The molecule has 2 N–H and O–H groups in total. The average molecular weight is 268 g/mol. The van der Waals surface area contributed by atoms with Crippen molar-refractivity contribution in [2.24, 2.45) is 5.73 Å². The molecule has 0 bridgehead atoms. The van der Waals surface area contributed by atoms with E-state index in [9.17, 15) is 8.42 Å². The lowest BCUT2D eigenvalue weighted by Crippen LogP contribution is -2.29. The number of hydrogen-bond donors (Lipinski definition) is 1. The molecular weight excluding hydrogens is 248 g/mol. The summed E-state index contributed by atoms with van der Waals surface area (Å²) in [5.41, 5.74) is 7.71. The highest BCUT2D eigenvalue weighted by Crippen LogP contribution is 2.30. The van der Waals surface area contributed by atoms with Gasteiger partial charge in [-0.2, -0.15) is 4.31 Å². The summed E-state index contributed by atoms with van der Waals surface area (Å²) >= 11 is 0. The molecule has 0 radical (unpaired) electrons. The molecule has 1 saturated carbocycles. The van der Waals surface area contributed by atoms with E-state index in [2.05, 4.69) is 0 Å². The first kappa shape index (κ1) is 13.5. The second-order valence-corrected chi connectivity index (χ2v) is 6.74. The predicted molar refractivity (Wildman–Crippen MR) is 71.7 cm³/mol. The van der Waals surface area contributed by atoms with Gasteiger partial charge in [-0.1, -0.05) is 13.0 Å². The van der Waals surface area contributed by atoms with E-state index in [0.29, 0.717) is 11.4 Å². The lowest BCUT2D eigenvalue weighted by molar-refractivity contribution is 0.464. The largest absolute Gasteiger partial charge is 0.326 e. The minimum Gasteiger partial charge on any atom is -0.326 e. The van der Waals surface area contributed by atoms with Crippen LogP contribution in [0.25, 0.3) is 0 Å². The van der Waals surface area contributed by atoms with E-state index in [1.54, 1.807) is 19.2 Å². The van der Waals surface area contributed by atoms with Crippen molar-refractivity contribution < 1.29 is 8.42 Å². The number of sulfonamides is 1. The SMILES string of the molecule is CCc1ccc(S(=O)(=O)N(C)C2CC2)cc1CN. The van der Waals surface area contributed by atoms with Crippen LogP contribution in [0, 0.1) is 0 Å². The fourth-order valence-corrected chi connectivity index (χ4v) is 3.57. The van der Waals surface area contributed by atoms with Crippen LogP contribution >= 0.6 is 0 Å². The normalized spacial score (nSPS) is 16.2. The molecule has 1 aliphatic rings. The summed E-state index contributed by atoms with van der Waals surface area (Å²) < 4.78 is 26.2. The summed E-state index contributed by atoms with van der Waals surface area (Å²) in [4.78, 5) is 0.356. The van der Waals surface area contributed by atoms with Crippen LogP contribution < -0.4 is 5.73 Å². The Morgan fingerprint density at radius 2 is 2.00 bits per heavy atom. The van der Waals surface area contributed by atoms with Gasteiger partial charge in [0, 0.05) is 19.6 Å². The zero-order chi connectivity index (χ0) is 13.3. The quantitative estimate of drug-likeness (QED) is 0.880. The number of aryl methyl sites for hydroxylation is 1. The van der Waals surface area contributed by atoms with Crippen molar-refractivity contribution in [1.29, 1.82) is 0 Å². The third-order valence-electron chi connectivity index (χ3n) is 3.52. The zero-order valence-electron chi connectivity index (χ0n) is 10.9. The first-order chi connectivity index (χ1) is 8.50. The van der Waals surface area contributed by atoms with E-state index >= 15 is 0 Å². The van der Waals surface area contributed by atoms with Gasteiger partial charge in [0.05, 0.1) is 4.90 Å². The Labute approximate surface area is 109 Å². The third kappa shape index (κ3) is 2.43. The minimum atomic E-state index is -3.36. The molecule has 0 amide bonds. The summed E-state index contributed by atoms with van der Waals surface area (Å²) in [5.74, 6) is 0. The van der Waals surface area contributed by atoms with Gasteiger partial charge < -0.3 is 5.73 Å². The summed E-state index contributed by atoms with van der Waals surface area (Å²) in [6.45, 7) is 2.42. The van der Waals surface area contributed by atoms with Gasteiger partial charge in [-0.05, 0) is 42.5 Å². The van der Waals surface area contributed by atoms with Crippen LogP contribution in [-0.2, 0) is 23.0 Å². The van der Waals surface area contributed by atoms with Gasteiger partial charge in [0.25, 0.3) is 0 Å². The fourth-order valence-electron chi connectivity index (χ4n) is 2.10. The molecule has 1 fully saturated rings. The molecule has 1 aliphatic carbocycles. The van der Waals surface area contributed by atoms with Crippen molar-refractivity contribution >= 4 is 10.0 Å². The van der Waals surface area contributed by atoms with Crippen LogP contribution in [0.4, 0.5) is 0 Å². The maximum absolute atomic E-state index is 12.4. The number of hydrogen-bond acceptors (Lipinski definition) is 3. The van der Waals surface area contributed by atoms with Crippen LogP contribution in [0.1, 0.15) is 30.9 Å². The molecule has 100 valence electrons. The Bertz CT molecular complexity index is 536. The van der Waals surface area contributed by atoms with Crippen molar-refractivity contribution in [3.05, 3.63) is 29.3 Å². The van der Waals surface area contributed by atoms with Crippen molar-refractivity contribution in [2.75, 3.05) is 7.05 Å². The second-order valence-electron chi connectivity index (χ2n) is 4.74. The molecule has 1 aromatic carbocycles. The van der Waals surface area contributed by atoms with Gasteiger partial charge >= 0.3 is 0 Å². The maximum Gasteiger partial charge on any atom is 0.243 e. The molecule has 0 unspecified atom stereocenters. The number of nitrogens with two attached hydrogens (primary N) is 1. The number of benzene rings is 1. The average Bonchev–Trinajstić information content (AvgIpc) is 3.21. The zero-order valence-corrected chi connectivity index (χ0v) is 11.7. The van der Waals surface area contributed by atoms with E-state index in [-0.39, 0.29) is 6.04 Å². The monoisotopic (exact) mass is 268 g/mol. The van der Waals surface area contributed by atoms with Gasteiger partial charge in [-0.25, -0.2) is 8.42 Å². The van der Waals surface area contributed by atoms with Crippen LogP contribution in [0.3, 0.4) is 0 Å². The Morgan fingerprint density at radius 3 is 2.50 bits per heavy atom. The number of nitrogens with zero attached hydrogens (tertiary/aromatic N) is 1. The molecule has 0 saturated heterocycles. The maximum atomic E-state index is 12.4. The molecule has 0 aromatic heterocycles. The highest BCUT2D eigenvalue weighted by molar-refractivity contribution is 7.89. The van der Waals surface area contributed by atoms with Gasteiger partial charge in [0.2, 0.25) is 10.0 Å². The third-order valence-corrected chi connectivity index (χ3v) is 5.42. The molecule has 5 heteroatoms. The summed E-state index contributed by atoms with van der Waals surface area (Å²) in [7, 11) is -1.70. The number of rotatable bonds is 5. The van der Waals surface area contributed by atoms with E-state index < -0.39 is 10.0 Å². The van der Waals surface area contributed by atoms with E-state index in [1.807, 2.05) is 13.0 Å². The Morgan fingerprint density at radius 1 is 1.33 bits per heavy atom. The minimum absolute atomic E-state index is 0.183. The van der Waals surface area contributed by atoms with Crippen molar-refractivity contribution in [2.45, 2.75) is 43.7 Å². The van der Waals surface area contributed by atoms with Crippen LogP contribution in [0.2, 0.25) is 0 Å². The van der Waals surface area contributed by atoms with Crippen molar-refractivity contribution in [1.82, 2.24) is 4.31 Å². The molecule has 0 atom stereocenters. The fraction of sp³-hybridized carbons (Fsp3) is 0.538. The molecule has 18 heavy (non-hydrogen) atoms. The molecule has 4 nitrogen and oxygen atoms in total. The highest BCUT2D eigenvalue weighted by atomic mass is 32.2. The van der Waals surface area contributed by atoms with Crippen molar-refractivity contribution in [3.63, 3.8) is 0 Å². The lowest BCUT2D eigenvalue weighted by Gasteiger charge is -2.17. The topological polar surface area (TPSA) is 63.4 Å². The van der Waals surface area contributed by atoms with Crippen LogP contribution in [0.15, 0.2) is 23.1 Å². The molecule has 0 spiro atoms. The summed E-state index contributed by atoms with van der Waals surface area (Å²) in [6.07, 6.45) is 2.80. The van der Waals surface area contributed by atoms with Crippen molar-refractivity contribution in [3.8, 4) is 0 Å². The lowest BCUT2D eigenvalue weighted by atomic mass is 10.1. The predicted octanol–water partition coefficient (Wildman–Crippen LogP) is 1.49. The summed E-state index contributed by atoms with van der Waals surface area (Å²) in [6, 6.07) is 5.46. The first-order valence-corrected chi connectivity index (χ1v) is 7.74. The molecule has 0 heterocycles. The van der Waals surface area contributed by atoms with Crippen LogP contribution in [0.5, 0.6) is 0 Å².